The van der Waals surface area contributed by atoms with Crippen molar-refractivity contribution >= 4 is 23.5 Å². The molecule has 7 nitrogen and oxygen atoms in total. The third-order valence-corrected chi connectivity index (χ3v) is 3.75. The van der Waals surface area contributed by atoms with Crippen molar-refractivity contribution in [3.8, 4) is 5.75 Å². The number of anilines is 1. The third-order valence-electron chi connectivity index (χ3n) is 3.75. The summed E-state index contributed by atoms with van der Waals surface area (Å²) < 4.78 is 10.2. The second-order valence-electron chi connectivity index (χ2n) is 5.92. The first-order valence-electron chi connectivity index (χ1n) is 9.06. The Morgan fingerprint density at radius 2 is 1.68 bits per heavy atom. The Morgan fingerprint density at radius 3 is 2.36 bits per heavy atom. The lowest BCUT2D eigenvalue weighted by molar-refractivity contribution is -0.131. The molecule has 0 radical (unpaired) electrons. The highest BCUT2D eigenvalue weighted by Crippen LogP contribution is 2.18. The topological polar surface area (TPSA) is 93.7 Å². The van der Waals surface area contributed by atoms with E-state index in [9.17, 15) is 14.4 Å². The van der Waals surface area contributed by atoms with Gasteiger partial charge in [0.25, 0.3) is 11.8 Å². The van der Waals surface area contributed by atoms with Crippen LogP contribution in [0.3, 0.4) is 0 Å². The quantitative estimate of drug-likeness (QED) is 0.394. The second kappa shape index (κ2) is 10.8. The summed E-state index contributed by atoms with van der Waals surface area (Å²) >= 11 is 0. The summed E-state index contributed by atoms with van der Waals surface area (Å²) in [6.07, 6.45) is 0.711. The van der Waals surface area contributed by atoms with Gasteiger partial charge in [0.1, 0.15) is 5.75 Å². The molecule has 2 aromatic carbocycles. The first-order valence-corrected chi connectivity index (χ1v) is 9.06. The molecule has 2 rings (SSSR count). The van der Waals surface area contributed by atoms with Gasteiger partial charge in [-0.3, -0.25) is 14.4 Å². The Balaban J connectivity index is 2.00. The predicted octanol–water partition coefficient (Wildman–Crippen LogP) is 3.02. The smallest absolute Gasteiger partial charge is 0.308 e. The summed E-state index contributed by atoms with van der Waals surface area (Å²) in [5, 5.41) is 5.56. The first kappa shape index (κ1) is 21.1. The number of carbonyl (C=O) groups is 3. The molecular weight excluding hydrogens is 360 g/mol. The molecule has 0 saturated carbocycles. The summed E-state index contributed by atoms with van der Waals surface area (Å²) in [6, 6.07) is 13.0. The molecule has 148 valence electrons. The largest absolute Gasteiger partial charge is 0.427 e. The van der Waals surface area contributed by atoms with Gasteiger partial charge in [-0.1, -0.05) is 12.1 Å². The van der Waals surface area contributed by atoms with Crippen LogP contribution in [0, 0.1) is 0 Å². The van der Waals surface area contributed by atoms with E-state index in [1.54, 1.807) is 36.4 Å². The number of nitrogens with one attached hydrogen (secondary N) is 2. The molecule has 0 aliphatic heterocycles. The highest BCUT2D eigenvalue weighted by Gasteiger charge is 2.14. The van der Waals surface area contributed by atoms with Gasteiger partial charge in [0.15, 0.2) is 0 Å². The van der Waals surface area contributed by atoms with Gasteiger partial charge in [-0.2, -0.15) is 0 Å². The van der Waals surface area contributed by atoms with Gasteiger partial charge in [-0.15, -0.1) is 0 Å². The zero-order valence-electron chi connectivity index (χ0n) is 16.0. The Morgan fingerprint density at radius 1 is 0.964 bits per heavy atom. The number of hydrogen-bond acceptors (Lipinski definition) is 5. The maximum atomic E-state index is 12.5. The van der Waals surface area contributed by atoms with E-state index in [2.05, 4.69) is 10.6 Å². The molecular formula is C21H24N2O5. The van der Waals surface area contributed by atoms with Gasteiger partial charge in [0, 0.05) is 32.2 Å². The van der Waals surface area contributed by atoms with Crippen molar-refractivity contribution in [2.45, 2.75) is 20.3 Å². The highest BCUT2D eigenvalue weighted by molar-refractivity contribution is 6.09. The van der Waals surface area contributed by atoms with E-state index in [4.69, 9.17) is 9.47 Å². The van der Waals surface area contributed by atoms with E-state index in [1.165, 1.54) is 19.1 Å². The lowest BCUT2D eigenvalue weighted by atomic mass is 10.1. The Hall–Kier alpha value is -3.19. The van der Waals surface area contributed by atoms with Gasteiger partial charge in [-0.25, -0.2) is 0 Å². The van der Waals surface area contributed by atoms with Crippen molar-refractivity contribution in [1.82, 2.24) is 5.32 Å². The molecule has 0 bridgehead atoms. The molecule has 0 fully saturated rings. The molecule has 0 atom stereocenters. The molecule has 0 aliphatic carbocycles. The Labute approximate surface area is 164 Å². The third kappa shape index (κ3) is 6.51. The number of carbonyl (C=O) groups excluding carboxylic acids is 3. The maximum Gasteiger partial charge on any atom is 0.308 e. The second-order valence-corrected chi connectivity index (χ2v) is 5.92. The lowest BCUT2D eigenvalue weighted by Crippen LogP contribution is -2.26. The fourth-order valence-electron chi connectivity index (χ4n) is 2.44. The van der Waals surface area contributed by atoms with E-state index in [-0.39, 0.29) is 11.8 Å². The summed E-state index contributed by atoms with van der Waals surface area (Å²) in [7, 11) is 0. The van der Waals surface area contributed by atoms with Crippen LogP contribution in [-0.2, 0) is 9.53 Å². The van der Waals surface area contributed by atoms with Crippen molar-refractivity contribution in [2.24, 2.45) is 0 Å². The molecule has 7 heteroatoms. The van der Waals surface area contributed by atoms with E-state index in [1.807, 2.05) is 6.92 Å². The SMILES string of the molecule is CCOCCCNC(=O)c1ccccc1NC(=O)c1ccc(OC(C)=O)cc1. The summed E-state index contributed by atoms with van der Waals surface area (Å²) in [6.45, 7) is 4.93. The van der Waals surface area contributed by atoms with Crippen molar-refractivity contribution in [3.63, 3.8) is 0 Å². The van der Waals surface area contributed by atoms with Crippen molar-refractivity contribution in [1.29, 1.82) is 0 Å². The van der Waals surface area contributed by atoms with Gasteiger partial charge in [-0.05, 0) is 49.7 Å². The molecule has 0 unspecified atom stereocenters. The Bertz CT molecular complexity index is 818. The van der Waals surface area contributed by atoms with Gasteiger partial charge in [0.05, 0.1) is 11.3 Å². The highest BCUT2D eigenvalue weighted by atomic mass is 16.5. The zero-order chi connectivity index (χ0) is 20.4. The van der Waals surface area contributed by atoms with E-state index >= 15 is 0 Å². The number of hydrogen-bond donors (Lipinski definition) is 2. The van der Waals surface area contributed by atoms with Crippen LogP contribution in [0.2, 0.25) is 0 Å². The van der Waals surface area contributed by atoms with Crippen LogP contribution in [0.25, 0.3) is 0 Å². The standard InChI is InChI=1S/C21H24N2O5/c1-3-27-14-6-13-22-21(26)18-7-4-5-8-19(18)23-20(25)16-9-11-17(12-10-16)28-15(2)24/h4-5,7-12H,3,6,13-14H2,1-2H3,(H,22,26)(H,23,25). The first-order chi connectivity index (χ1) is 13.5. The van der Waals surface area contributed by atoms with Crippen molar-refractivity contribution < 1.29 is 23.9 Å². The normalized spacial score (nSPS) is 10.2. The van der Waals surface area contributed by atoms with Gasteiger partial charge in [0.2, 0.25) is 0 Å². The number of ether oxygens (including phenoxy) is 2. The fraction of sp³-hybridized carbons (Fsp3) is 0.286. The van der Waals surface area contributed by atoms with Crippen LogP contribution >= 0.6 is 0 Å². The molecule has 0 saturated heterocycles. The van der Waals surface area contributed by atoms with Crippen LogP contribution in [0.5, 0.6) is 5.75 Å². The lowest BCUT2D eigenvalue weighted by Gasteiger charge is -2.12. The Kier molecular flexibility index (Phi) is 8.17. The number of para-hydroxylation sites is 1. The molecule has 0 aliphatic rings. The zero-order valence-corrected chi connectivity index (χ0v) is 16.0. The van der Waals surface area contributed by atoms with E-state index in [0.29, 0.717) is 48.7 Å². The minimum atomic E-state index is -0.432. The average Bonchev–Trinajstić information content (AvgIpc) is 2.68. The molecule has 28 heavy (non-hydrogen) atoms. The van der Waals surface area contributed by atoms with Crippen molar-refractivity contribution in [3.05, 3.63) is 59.7 Å². The van der Waals surface area contributed by atoms with Gasteiger partial charge < -0.3 is 20.1 Å². The van der Waals surface area contributed by atoms with Crippen LogP contribution in [0.1, 0.15) is 41.0 Å². The number of esters is 1. The van der Waals surface area contributed by atoms with Crippen LogP contribution < -0.4 is 15.4 Å². The monoisotopic (exact) mass is 384 g/mol. The maximum absolute atomic E-state index is 12.5. The van der Waals surface area contributed by atoms with Crippen LogP contribution in [-0.4, -0.2) is 37.5 Å². The molecule has 2 N–H and O–H groups in total. The number of rotatable bonds is 9. The van der Waals surface area contributed by atoms with E-state index < -0.39 is 5.97 Å². The van der Waals surface area contributed by atoms with Crippen LogP contribution in [0.15, 0.2) is 48.5 Å². The molecule has 2 amide bonds. The predicted molar refractivity (Wildman–Crippen MR) is 106 cm³/mol. The number of amides is 2. The number of benzene rings is 2. The van der Waals surface area contributed by atoms with Crippen molar-refractivity contribution in [2.75, 3.05) is 25.1 Å². The summed E-state index contributed by atoms with van der Waals surface area (Å²) in [4.78, 5) is 35.9. The van der Waals surface area contributed by atoms with Gasteiger partial charge >= 0.3 is 5.97 Å². The molecule has 2 aromatic rings. The minimum absolute atomic E-state index is 0.266. The molecule has 0 aromatic heterocycles. The molecule has 0 spiro atoms. The summed E-state index contributed by atoms with van der Waals surface area (Å²) in [5.41, 5.74) is 1.17. The summed E-state index contributed by atoms with van der Waals surface area (Å²) in [5.74, 6) is -0.710. The minimum Gasteiger partial charge on any atom is -0.427 e. The fourth-order valence-corrected chi connectivity index (χ4v) is 2.44. The van der Waals surface area contributed by atoms with E-state index in [0.717, 1.165) is 0 Å². The van der Waals surface area contributed by atoms with Crippen LogP contribution in [0.4, 0.5) is 5.69 Å². The molecule has 0 heterocycles. The average molecular weight is 384 g/mol.